The van der Waals surface area contributed by atoms with E-state index in [1.807, 2.05) is 32.0 Å². The monoisotopic (exact) mass is 306 g/mol. The van der Waals surface area contributed by atoms with Crippen LogP contribution in [0, 0.1) is 6.92 Å². The predicted molar refractivity (Wildman–Crippen MR) is 87.0 cm³/mol. The summed E-state index contributed by atoms with van der Waals surface area (Å²) < 4.78 is 11.3. The summed E-state index contributed by atoms with van der Waals surface area (Å²) in [5.74, 6) is 7.29. The first-order valence-electron chi connectivity index (χ1n) is 7.10. The number of hydrogen-bond acceptors (Lipinski definition) is 5. The smallest absolute Gasteiger partial charge is 0.161 e. The van der Waals surface area contributed by atoms with E-state index in [2.05, 4.69) is 23.8 Å². The standard InChI is InChI=1S/C16H22N2O2S/c1-4-19-13-7-6-12(10-14(13)20-5-2)15(18-17)16-11(3)8-9-21-16/h6-10,15,18H,4-5,17H2,1-3H3. The highest BCUT2D eigenvalue weighted by atomic mass is 32.1. The second-order valence-electron chi connectivity index (χ2n) is 4.64. The summed E-state index contributed by atoms with van der Waals surface area (Å²) in [6.45, 7) is 7.23. The van der Waals surface area contributed by atoms with Gasteiger partial charge < -0.3 is 9.47 Å². The molecule has 0 aliphatic carbocycles. The van der Waals surface area contributed by atoms with Crippen molar-refractivity contribution in [1.29, 1.82) is 0 Å². The van der Waals surface area contributed by atoms with E-state index in [-0.39, 0.29) is 6.04 Å². The van der Waals surface area contributed by atoms with Crippen molar-refractivity contribution < 1.29 is 9.47 Å². The summed E-state index contributed by atoms with van der Waals surface area (Å²) >= 11 is 1.70. The highest BCUT2D eigenvalue weighted by Crippen LogP contribution is 2.34. The molecule has 0 spiro atoms. The lowest BCUT2D eigenvalue weighted by Crippen LogP contribution is -2.28. The van der Waals surface area contributed by atoms with Gasteiger partial charge >= 0.3 is 0 Å². The van der Waals surface area contributed by atoms with Crippen LogP contribution >= 0.6 is 11.3 Å². The number of thiophene rings is 1. The van der Waals surface area contributed by atoms with Crippen LogP contribution in [0.3, 0.4) is 0 Å². The largest absolute Gasteiger partial charge is 0.490 e. The average Bonchev–Trinajstić information content (AvgIpc) is 2.89. The van der Waals surface area contributed by atoms with Crippen LogP contribution < -0.4 is 20.7 Å². The summed E-state index contributed by atoms with van der Waals surface area (Å²) in [5, 5.41) is 2.08. The zero-order chi connectivity index (χ0) is 15.2. The van der Waals surface area contributed by atoms with Crippen molar-refractivity contribution in [1.82, 2.24) is 5.43 Å². The molecule has 114 valence electrons. The van der Waals surface area contributed by atoms with E-state index in [1.54, 1.807) is 11.3 Å². The minimum absolute atomic E-state index is 0.0418. The van der Waals surface area contributed by atoms with Gasteiger partial charge in [0.25, 0.3) is 0 Å². The number of rotatable bonds is 7. The predicted octanol–water partition coefficient (Wildman–Crippen LogP) is 3.41. The minimum atomic E-state index is -0.0418. The van der Waals surface area contributed by atoms with Crippen LogP contribution in [-0.2, 0) is 0 Å². The first kappa shape index (κ1) is 15.8. The summed E-state index contributed by atoms with van der Waals surface area (Å²) in [6.07, 6.45) is 0. The Balaban J connectivity index is 2.38. The lowest BCUT2D eigenvalue weighted by Gasteiger charge is -2.19. The van der Waals surface area contributed by atoms with Crippen LogP contribution in [0.15, 0.2) is 29.6 Å². The Morgan fingerprint density at radius 1 is 1.14 bits per heavy atom. The molecule has 0 saturated heterocycles. The molecule has 0 fully saturated rings. The van der Waals surface area contributed by atoms with Gasteiger partial charge in [0.1, 0.15) is 0 Å². The molecule has 0 aliphatic rings. The first-order chi connectivity index (χ1) is 10.2. The lowest BCUT2D eigenvalue weighted by atomic mass is 10.0. The molecule has 0 saturated carbocycles. The number of benzene rings is 1. The number of aryl methyl sites for hydroxylation is 1. The third kappa shape index (κ3) is 3.56. The molecule has 0 radical (unpaired) electrons. The van der Waals surface area contributed by atoms with Gasteiger partial charge in [0, 0.05) is 4.88 Å². The first-order valence-corrected chi connectivity index (χ1v) is 7.98. The van der Waals surface area contributed by atoms with E-state index < -0.39 is 0 Å². The number of hydrazine groups is 1. The quantitative estimate of drug-likeness (QED) is 0.608. The lowest BCUT2D eigenvalue weighted by molar-refractivity contribution is 0.287. The van der Waals surface area contributed by atoms with E-state index in [9.17, 15) is 0 Å². The third-order valence-corrected chi connectivity index (χ3v) is 4.32. The fraction of sp³-hybridized carbons (Fsp3) is 0.375. The van der Waals surface area contributed by atoms with Gasteiger partial charge in [-0.15, -0.1) is 11.3 Å². The maximum Gasteiger partial charge on any atom is 0.161 e. The molecule has 2 aromatic rings. The molecular formula is C16H22N2O2S. The third-order valence-electron chi connectivity index (χ3n) is 3.23. The van der Waals surface area contributed by atoms with Gasteiger partial charge in [0.2, 0.25) is 0 Å². The Morgan fingerprint density at radius 2 is 1.86 bits per heavy atom. The molecule has 1 unspecified atom stereocenters. The molecule has 3 N–H and O–H groups in total. The van der Waals surface area contributed by atoms with Crippen LogP contribution in [0.1, 0.15) is 35.9 Å². The van der Waals surface area contributed by atoms with Crippen LogP contribution in [0.4, 0.5) is 0 Å². The summed E-state index contributed by atoms with van der Waals surface area (Å²) in [5.41, 5.74) is 5.19. The molecule has 0 amide bonds. The Labute approximate surface area is 129 Å². The molecule has 1 aromatic carbocycles. The van der Waals surface area contributed by atoms with Gasteiger partial charge in [0.05, 0.1) is 19.3 Å². The van der Waals surface area contributed by atoms with Crippen LogP contribution in [0.25, 0.3) is 0 Å². The van der Waals surface area contributed by atoms with Crippen molar-refractivity contribution >= 4 is 11.3 Å². The molecule has 1 atom stereocenters. The topological polar surface area (TPSA) is 56.5 Å². The van der Waals surface area contributed by atoms with E-state index in [4.69, 9.17) is 15.3 Å². The SMILES string of the molecule is CCOc1ccc(C(NN)c2sccc2C)cc1OCC. The van der Waals surface area contributed by atoms with Gasteiger partial charge in [-0.1, -0.05) is 6.07 Å². The summed E-state index contributed by atoms with van der Waals surface area (Å²) in [4.78, 5) is 1.21. The van der Waals surface area contributed by atoms with Crippen molar-refractivity contribution in [3.63, 3.8) is 0 Å². The second-order valence-corrected chi connectivity index (χ2v) is 5.59. The van der Waals surface area contributed by atoms with E-state index >= 15 is 0 Å². The van der Waals surface area contributed by atoms with Gasteiger partial charge in [0.15, 0.2) is 11.5 Å². The summed E-state index contributed by atoms with van der Waals surface area (Å²) in [6, 6.07) is 8.02. The molecule has 21 heavy (non-hydrogen) atoms. The summed E-state index contributed by atoms with van der Waals surface area (Å²) in [7, 11) is 0. The number of hydrogen-bond donors (Lipinski definition) is 2. The van der Waals surface area contributed by atoms with Gasteiger partial charge in [-0.25, -0.2) is 5.43 Å². The number of nitrogens with one attached hydrogen (secondary N) is 1. The Kier molecular flexibility index (Phi) is 5.61. The molecule has 4 nitrogen and oxygen atoms in total. The highest BCUT2D eigenvalue weighted by molar-refractivity contribution is 7.10. The van der Waals surface area contributed by atoms with Crippen LogP contribution in [0.2, 0.25) is 0 Å². The molecule has 1 heterocycles. The Morgan fingerprint density at radius 3 is 2.43 bits per heavy atom. The van der Waals surface area contributed by atoms with Crippen LogP contribution in [0.5, 0.6) is 11.5 Å². The van der Waals surface area contributed by atoms with E-state index in [0.717, 1.165) is 17.1 Å². The Hall–Kier alpha value is -1.56. The maximum absolute atomic E-state index is 5.77. The molecule has 5 heteroatoms. The highest BCUT2D eigenvalue weighted by Gasteiger charge is 2.18. The number of nitrogens with two attached hydrogens (primary N) is 1. The van der Waals surface area contributed by atoms with Crippen molar-refractivity contribution in [3.8, 4) is 11.5 Å². The fourth-order valence-corrected chi connectivity index (χ4v) is 3.26. The number of ether oxygens (including phenoxy) is 2. The van der Waals surface area contributed by atoms with Crippen molar-refractivity contribution in [2.75, 3.05) is 13.2 Å². The molecule has 0 aliphatic heterocycles. The van der Waals surface area contributed by atoms with Crippen LogP contribution in [-0.4, -0.2) is 13.2 Å². The van der Waals surface area contributed by atoms with Crippen molar-refractivity contribution in [2.45, 2.75) is 26.8 Å². The zero-order valence-corrected chi connectivity index (χ0v) is 13.5. The van der Waals surface area contributed by atoms with Gasteiger partial charge in [-0.2, -0.15) is 0 Å². The van der Waals surface area contributed by atoms with Gasteiger partial charge in [-0.3, -0.25) is 5.84 Å². The Bertz CT molecular complexity index is 583. The molecule has 0 bridgehead atoms. The van der Waals surface area contributed by atoms with Gasteiger partial charge in [-0.05, 0) is 55.5 Å². The maximum atomic E-state index is 5.77. The molecule has 2 rings (SSSR count). The normalized spacial score (nSPS) is 12.2. The average molecular weight is 306 g/mol. The van der Waals surface area contributed by atoms with Crippen molar-refractivity contribution in [2.24, 2.45) is 5.84 Å². The second kappa shape index (κ2) is 7.45. The minimum Gasteiger partial charge on any atom is -0.490 e. The zero-order valence-electron chi connectivity index (χ0n) is 12.7. The molecule has 1 aromatic heterocycles. The van der Waals surface area contributed by atoms with E-state index in [0.29, 0.717) is 13.2 Å². The van der Waals surface area contributed by atoms with E-state index in [1.165, 1.54) is 10.4 Å². The fourth-order valence-electron chi connectivity index (χ4n) is 2.25. The van der Waals surface area contributed by atoms with Crippen molar-refractivity contribution in [3.05, 3.63) is 45.6 Å². The molecular weight excluding hydrogens is 284 g/mol.